The lowest BCUT2D eigenvalue weighted by Crippen LogP contribution is -2.41. The monoisotopic (exact) mass is 344 g/mol. The van der Waals surface area contributed by atoms with Crippen LogP contribution in [-0.2, 0) is 18.8 Å². The van der Waals surface area contributed by atoms with Crippen LogP contribution in [0.4, 0.5) is 0 Å². The molecular formula is C20H29BO4. The maximum atomic E-state index is 13.0. The molecule has 0 bridgehead atoms. The molecule has 1 aromatic carbocycles. The van der Waals surface area contributed by atoms with Gasteiger partial charge in [0.25, 0.3) is 5.97 Å². The minimum absolute atomic E-state index is 0.239. The van der Waals surface area contributed by atoms with E-state index in [2.05, 4.69) is 0 Å². The SMILES string of the molecule is CC1(C)OB(OC(=O)C(c2ccccc2)C2CCCCC2)OC1(C)C. The molecule has 3 rings (SSSR count). The maximum absolute atomic E-state index is 13.0. The Hall–Kier alpha value is -1.33. The summed E-state index contributed by atoms with van der Waals surface area (Å²) >= 11 is 0. The molecule has 1 atom stereocenters. The largest absolute Gasteiger partial charge is 0.716 e. The first-order valence-corrected chi connectivity index (χ1v) is 9.41. The van der Waals surface area contributed by atoms with Gasteiger partial charge in [0.1, 0.15) is 0 Å². The van der Waals surface area contributed by atoms with Crippen LogP contribution in [0.1, 0.15) is 71.3 Å². The molecule has 2 aliphatic rings. The van der Waals surface area contributed by atoms with Gasteiger partial charge < -0.3 is 14.0 Å². The van der Waals surface area contributed by atoms with Crippen LogP contribution in [0.3, 0.4) is 0 Å². The van der Waals surface area contributed by atoms with E-state index in [4.69, 9.17) is 14.0 Å². The molecule has 0 N–H and O–H groups in total. The summed E-state index contributed by atoms with van der Waals surface area (Å²) in [6, 6.07) is 9.97. The van der Waals surface area contributed by atoms with Crippen molar-refractivity contribution in [3.63, 3.8) is 0 Å². The van der Waals surface area contributed by atoms with E-state index in [1.165, 1.54) is 19.3 Å². The lowest BCUT2D eigenvalue weighted by atomic mass is 9.76. The Balaban J connectivity index is 1.76. The predicted octanol–water partition coefficient (Wildman–Crippen LogP) is 4.48. The van der Waals surface area contributed by atoms with Crippen LogP contribution in [0.15, 0.2) is 30.3 Å². The minimum Gasteiger partial charge on any atom is -0.484 e. The molecule has 25 heavy (non-hydrogen) atoms. The highest BCUT2D eigenvalue weighted by Gasteiger charge is 2.55. The van der Waals surface area contributed by atoms with Crippen molar-refractivity contribution in [1.29, 1.82) is 0 Å². The quantitative estimate of drug-likeness (QED) is 0.756. The normalized spacial score (nSPS) is 24.1. The van der Waals surface area contributed by atoms with Crippen molar-refractivity contribution in [1.82, 2.24) is 0 Å². The van der Waals surface area contributed by atoms with Crippen LogP contribution in [0.2, 0.25) is 0 Å². The Kier molecular flexibility index (Phi) is 5.26. The first-order chi connectivity index (χ1) is 11.8. The standard InChI is InChI=1S/C20H29BO4/c1-19(2)20(3,4)25-21(24-19)23-18(22)17(15-11-7-5-8-12-15)16-13-9-6-10-14-16/h5,7-8,11-12,16-17H,6,9-10,13-14H2,1-4H3. The van der Waals surface area contributed by atoms with E-state index in [9.17, 15) is 4.79 Å². The highest BCUT2D eigenvalue weighted by Crippen LogP contribution is 2.40. The molecule has 0 aromatic heterocycles. The van der Waals surface area contributed by atoms with Crippen LogP contribution in [0.25, 0.3) is 0 Å². The Morgan fingerprint density at radius 3 is 2.16 bits per heavy atom. The second kappa shape index (κ2) is 7.12. The fourth-order valence-corrected chi connectivity index (χ4v) is 3.73. The fourth-order valence-electron chi connectivity index (χ4n) is 3.73. The number of carbonyl (C=O) groups is 1. The van der Waals surface area contributed by atoms with Crippen molar-refractivity contribution in [3.05, 3.63) is 35.9 Å². The lowest BCUT2D eigenvalue weighted by molar-refractivity contribution is -0.140. The van der Waals surface area contributed by atoms with E-state index in [1.54, 1.807) is 0 Å². The van der Waals surface area contributed by atoms with Crippen molar-refractivity contribution in [2.24, 2.45) is 5.92 Å². The third kappa shape index (κ3) is 3.93. The molecule has 1 unspecified atom stereocenters. The van der Waals surface area contributed by atoms with Crippen LogP contribution in [-0.4, -0.2) is 24.5 Å². The molecule has 1 saturated heterocycles. The summed E-state index contributed by atoms with van der Waals surface area (Å²) in [4.78, 5) is 13.0. The summed E-state index contributed by atoms with van der Waals surface area (Å²) in [7, 11) is -0.938. The third-order valence-electron chi connectivity index (χ3n) is 5.98. The van der Waals surface area contributed by atoms with Crippen LogP contribution < -0.4 is 0 Å². The van der Waals surface area contributed by atoms with Gasteiger partial charge in [0.05, 0.1) is 17.1 Å². The van der Waals surface area contributed by atoms with Crippen LogP contribution in [0.5, 0.6) is 0 Å². The van der Waals surface area contributed by atoms with Crippen molar-refractivity contribution in [3.8, 4) is 0 Å². The van der Waals surface area contributed by atoms with E-state index in [1.807, 2.05) is 58.0 Å². The smallest absolute Gasteiger partial charge is 0.484 e. The van der Waals surface area contributed by atoms with E-state index in [0.717, 1.165) is 18.4 Å². The van der Waals surface area contributed by atoms with Crippen LogP contribution >= 0.6 is 0 Å². The minimum atomic E-state index is -0.938. The number of carbonyl (C=O) groups excluding carboxylic acids is 1. The van der Waals surface area contributed by atoms with Gasteiger partial charge in [0.15, 0.2) is 0 Å². The molecule has 2 fully saturated rings. The van der Waals surface area contributed by atoms with E-state index < -0.39 is 18.5 Å². The fraction of sp³-hybridized carbons (Fsp3) is 0.650. The van der Waals surface area contributed by atoms with Crippen LogP contribution in [0, 0.1) is 5.92 Å². The molecule has 0 spiro atoms. The summed E-state index contributed by atoms with van der Waals surface area (Å²) in [6.45, 7) is 7.82. The molecule has 1 aromatic rings. The van der Waals surface area contributed by atoms with Crippen molar-refractivity contribution < 1.29 is 18.8 Å². The summed E-state index contributed by atoms with van der Waals surface area (Å²) in [6.07, 6.45) is 5.75. The zero-order valence-electron chi connectivity index (χ0n) is 15.8. The van der Waals surface area contributed by atoms with Gasteiger partial charge in [0.2, 0.25) is 0 Å². The molecule has 0 radical (unpaired) electrons. The molecule has 1 aliphatic heterocycles. The Morgan fingerprint density at radius 2 is 1.60 bits per heavy atom. The molecule has 4 nitrogen and oxygen atoms in total. The number of hydrogen-bond donors (Lipinski definition) is 0. The second-order valence-corrected chi connectivity index (χ2v) is 8.27. The topological polar surface area (TPSA) is 44.8 Å². The van der Waals surface area contributed by atoms with Gasteiger partial charge in [-0.2, -0.15) is 0 Å². The summed E-state index contributed by atoms with van der Waals surface area (Å²) in [5, 5.41) is 0. The molecule has 5 heteroatoms. The van der Waals surface area contributed by atoms with E-state index in [0.29, 0.717) is 5.92 Å². The first kappa shape index (κ1) is 18.5. The molecule has 136 valence electrons. The molecule has 1 saturated carbocycles. The lowest BCUT2D eigenvalue weighted by Gasteiger charge is -2.31. The maximum Gasteiger partial charge on any atom is 0.716 e. The zero-order valence-corrected chi connectivity index (χ0v) is 15.8. The third-order valence-corrected chi connectivity index (χ3v) is 5.98. The summed E-state index contributed by atoms with van der Waals surface area (Å²) in [5.41, 5.74) is 0.00620. The zero-order chi connectivity index (χ0) is 18.1. The van der Waals surface area contributed by atoms with Gasteiger partial charge in [-0.25, -0.2) is 0 Å². The highest BCUT2D eigenvalue weighted by molar-refractivity contribution is 6.40. The number of benzene rings is 1. The van der Waals surface area contributed by atoms with Gasteiger partial charge in [-0.05, 0) is 52.0 Å². The number of hydrogen-bond acceptors (Lipinski definition) is 4. The molecular weight excluding hydrogens is 315 g/mol. The van der Waals surface area contributed by atoms with Gasteiger partial charge in [-0.15, -0.1) is 0 Å². The van der Waals surface area contributed by atoms with Crippen molar-refractivity contribution >= 4 is 13.3 Å². The average molecular weight is 344 g/mol. The number of rotatable bonds is 4. The Labute approximate surface area is 151 Å². The van der Waals surface area contributed by atoms with Gasteiger partial charge in [-0.3, -0.25) is 4.79 Å². The van der Waals surface area contributed by atoms with Crippen molar-refractivity contribution in [2.45, 2.75) is 76.9 Å². The Morgan fingerprint density at radius 1 is 1.04 bits per heavy atom. The molecule has 1 aliphatic carbocycles. The van der Waals surface area contributed by atoms with Gasteiger partial charge in [0, 0.05) is 0 Å². The molecule has 0 amide bonds. The van der Waals surface area contributed by atoms with Gasteiger partial charge in [-0.1, -0.05) is 49.6 Å². The van der Waals surface area contributed by atoms with E-state index in [-0.39, 0.29) is 11.9 Å². The van der Waals surface area contributed by atoms with Crippen molar-refractivity contribution in [2.75, 3.05) is 0 Å². The van der Waals surface area contributed by atoms with Gasteiger partial charge >= 0.3 is 7.32 Å². The summed E-state index contributed by atoms with van der Waals surface area (Å²) in [5.74, 6) is -0.164. The Bertz CT molecular complexity index is 577. The highest BCUT2D eigenvalue weighted by atomic mass is 16.8. The summed E-state index contributed by atoms with van der Waals surface area (Å²) < 4.78 is 17.4. The predicted molar refractivity (Wildman–Crippen MR) is 97.9 cm³/mol. The average Bonchev–Trinajstić information content (AvgIpc) is 2.76. The molecule has 1 heterocycles. The van der Waals surface area contributed by atoms with E-state index >= 15 is 0 Å². The second-order valence-electron chi connectivity index (χ2n) is 8.27. The first-order valence-electron chi connectivity index (χ1n) is 9.41.